The Morgan fingerprint density at radius 1 is 0.966 bits per heavy atom. The van der Waals surface area contributed by atoms with Crippen LogP contribution in [0.1, 0.15) is 33.6 Å². The second-order valence-corrected chi connectivity index (χ2v) is 8.07. The summed E-state index contributed by atoms with van der Waals surface area (Å²) in [6.07, 6.45) is 1.38. The smallest absolute Gasteiger partial charge is 0.256 e. The maximum Gasteiger partial charge on any atom is 0.256 e. The molecule has 2 aliphatic rings. The molecule has 0 aliphatic carbocycles. The Kier molecular flexibility index (Phi) is 5.37. The summed E-state index contributed by atoms with van der Waals surface area (Å²) >= 11 is 0. The highest BCUT2D eigenvalue weighted by Gasteiger charge is 2.49. The van der Waals surface area contributed by atoms with Gasteiger partial charge in [-0.05, 0) is 42.5 Å². The lowest BCUT2D eigenvalue weighted by atomic mass is 9.71. The first-order valence-electron chi connectivity index (χ1n) is 10.0. The molecule has 2 aliphatic heterocycles. The number of carbonyl (C=O) groups is 2. The van der Waals surface area contributed by atoms with E-state index in [1.807, 2.05) is 23.1 Å². The van der Waals surface area contributed by atoms with Crippen molar-refractivity contribution in [2.24, 2.45) is 11.3 Å². The van der Waals surface area contributed by atoms with Crippen LogP contribution in [-0.4, -0.2) is 59.5 Å². The maximum absolute atomic E-state index is 14.0. The van der Waals surface area contributed by atoms with Crippen LogP contribution in [0, 0.1) is 17.2 Å². The number of hydrogen-bond acceptors (Lipinski definition) is 3. The van der Waals surface area contributed by atoms with Crippen LogP contribution in [0.2, 0.25) is 0 Å². The molecule has 2 heterocycles. The van der Waals surface area contributed by atoms with Gasteiger partial charge in [0.1, 0.15) is 5.82 Å². The van der Waals surface area contributed by atoms with Crippen LogP contribution in [0.15, 0.2) is 54.6 Å². The number of benzene rings is 2. The van der Waals surface area contributed by atoms with Crippen LogP contribution < -0.4 is 0 Å². The molecule has 0 aromatic heterocycles. The Morgan fingerprint density at radius 3 is 2.28 bits per heavy atom. The minimum atomic E-state index is -0.508. The lowest BCUT2D eigenvalue weighted by molar-refractivity contribution is 0.0393. The summed E-state index contributed by atoms with van der Waals surface area (Å²) in [5, 5.41) is 9.97. The predicted molar refractivity (Wildman–Crippen MR) is 107 cm³/mol. The van der Waals surface area contributed by atoms with Crippen LogP contribution in [0.5, 0.6) is 0 Å². The minimum absolute atomic E-state index is 0.0131. The molecule has 0 radical (unpaired) electrons. The van der Waals surface area contributed by atoms with Crippen molar-refractivity contribution in [3.8, 4) is 0 Å². The van der Waals surface area contributed by atoms with Gasteiger partial charge in [-0.1, -0.05) is 30.3 Å². The van der Waals surface area contributed by atoms with Crippen LogP contribution in [0.25, 0.3) is 0 Å². The standard InChI is InChI=1S/C23H25FN2O3/c24-20-9-5-4-8-19(20)22(29)25-12-10-23(11-13-25)16-26(14-18(23)15-27)21(28)17-6-2-1-3-7-17/h1-9,18,27H,10-16H2/t18-/m0/s1. The number of amides is 2. The van der Waals surface area contributed by atoms with E-state index in [2.05, 4.69) is 0 Å². The quantitative estimate of drug-likeness (QED) is 0.868. The number of aliphatic hydroxyl groups is 1. The zero-order valence-electron chi connectivity index (χ0n) is 16.3. The maximum atomic E-state index is 14.0. The Balaban J connectivity index is 1.46. The van der Waals surface area contributed by atoms with E-state index in [0.717, 1.165) is 0 Å². The number of piperidine rings is 1. The molecule has 2 fully saturated rings. The summed E-state index contributed by atoms with van der Waals surface area (Å²) in [6.45, 7) is 2.10. The molecule has 29 heavy (non-hydrogen) atoms. The highest BCUT2D eigenvalue weighted by Crippen LogP contribution is 2.45. The monoisotopic (exact) mass is 396 g/mol. The second kappa shape index (κ2) is 7.95. The molecule has 1 atom stereocenters. The fourth-order valence-electron chi connectivity index (χ4n) is 4.73. The SMILES string of the molecule is O=C(c1ccccc1)N1C[C@@H](CO)C2(CCN(C(=O)c3ccccc3F)CC2)C1. The zero-order chi connectivity index (χ0) is 20.4. The van der Waals surface area contributed by atoms with E-state index in [1.54, 1.807) is 29.2 Å². The highest BCUT2D eigenvalue weighted by molar-refractivity contribution is 5.95. The number of hydrogen-bond donors (Lipinski definition) is 1. The topological polar surface area (TPSA) is 60.9 Å². The predicted octanol–water partition coefficient (Wildman–Crippen LogP) is 2.81. The second-order valence-electron chi connectivity index (χ2n) is 8.07. The largest absolute Gasteiger partial charge is 0.396 e. The van der Waals surface area contributed by atoms with Crippen LogP contribution in [-0.2, 0) is 0 Å². The normalized spacial score (nSPS) is 20.8. The molecule has 0 unspecified atom stereocenters. The Labute approximate surface area is 169 Å². The zero-order valence-corrected chi connectivity index (χ0v) is 16.3. The number of halogens is 1. The first-order valence-corrected chi connectivity index (χ1v) is 10.0. The Morgan fingerprint density at radius 2 is 1.62 bits per heavy atom. The van der Waals surface area contributed by atoms with Crippen molar-refractivity contribution in [1.82, 2.24) is 9.80 Å². The fourth-order valence-corrected chi connectivity index (χ4v) is 4.73. The number of rotatable bonds is 3. The van der Waals surface area contributed by atoms with Crippen molar-refractivity contribution in [3.05, 3.63) is 71.5 Å². The van der Waals surface area contributed by atoms with Gasteiger partial charge in [-0.15, -0.1) is 0 Å². The molecule has 5 nitrogen and oxygen atoms in total. The van der Waals surface area contributed by atoms with Gasteiger partial charge < -0.3 is 14.9 Å². The van der Waals surface area contributed by atoms with Crippen LogP contribution >= 0.6 is 0 Å². The molecular weight excluding hydrogens is 371 g/mol. The van der Waals surface area contributed by atoms with E-state index < -0.39 is 5.82 Å². The molecule has 2 saturated heterocycles. The molecule has 2 aromatic carbocycles. The van der Waals surface area contributed by atoms with Crippen molar-refractivity contribution in [2.45, 2.75) is 12.8 Å². The third-order valence-electron chi connectivity index (χ3n) is 6.49. The minimum Gasteiger partial charge on any atom is -0.396 e. The molecule has 152 valence electrons. The van der Waals surface area contributed by atoms with Gasteiger partial charge >= 0.3 is 0 Å². The average molecular weight is 396 g/mol. The molecule has 1 spiro atoms. The number of aliphatic hydroxyl groups excluding tert-OH is 1. The summed E-state index contributed by atoms with van der Waals surface area (Å²) in [5.41, 5.74) is 0.536. The van der Waals surface area contributed by atoms with Crippen LogP contribution in [0.4, 0.5) is 4.39 Å². The summed E-state index contributed by atoms with van der Waals surface area (Å²) in [7, 11) is 0. The van der Waals surface area contributed by atoms with Crippen molar-refractivity contribution < 1.29 is 19.1 Å². The Hall–Kier alpha value is -2.73. The van der Waals surface area contributed by atoms with Gasteiger partial charge in [0, 0.05) is 44.3 Å². The molecule has 4 rings (SSSR count). The van der Waals surface area contributed by atoms with Crippen LogP contribution in [0.3, 0.4) is 0 Å². The fraction of sp³-hybridized carbons (Fsp3) is 0.391. The van der Waals surface area contributed by atoms with E-state index >= 15 is 0 Å². The van der Waals surface area contributed by atoms with Gasteiger partial charge in [-0.3, -0.25) is 9.59 Å². The van der Waals surface area contributed by atoms with Gasteiger partial charge in [0.25, 0.3) is 11.8 Å². The lowest BCUT2D eigenvalue weighted by Gasteiger charge is -2.42. The molecule has 2 aromatic rings. The summed E-state index contributed by atoms with van der Waals surface area (Å²) in [5.74, 6) is -0.841. The third kappa shape index (κ3) is 3.65. The van der Waals surface area contributed by atoms with Crippen molar-refractivity contribution in [3.63, 3.8) is 0 Å². The summed E-state index contributed by atoms with van der Waals surface area (Å²) in [6, 6.07) is 15.2. The summed E-state index contributed by atoms with van der Waals surface area (Å²) in [4.78, 5) is 29.1. The van der Waals surface area contributed by atoms with Crippen molar-refractivity contribution in [2.75, 3.05) is 32.8 Å². The van der Waals surface area contributed by atoms with Crippen molar-refractivity contribution >= 4 is 11.8 Å². The van der Waals surface area contributed by atoms with Crippen molar-refractivity contribution in [1.29, 1.82) is 0 Å². The lowest BCUT2D eigenvalue weighted by Crippen LogP contribution is -2.47. The first kappa shape index (κ1) is 19.6. The van der Waals surface area contributed by atoms with Gasteiger partial charge in [0.15, 0.2) is 0 Å². The van der Waals surface area contributed by atoms with E-state index in [9.17, 15) is 19.1 Å². The van der Waals surface area contributed by atoms with Gasteiger partial charge in [0.2, 0.25) is 0 Å². The number of carbonyl (C=O) groups excluding carboxylic acids is 2. The summed E-state index contributed by atoms with van der Waals surface area (Å²) < 4.78 is 14.0. The molecule has 0 saturated carbocycles. The molecule has 0 bridgehead atoms. The Bertz CT molecular complexity index is 894. The number of nitrogens with zero attached hydrogens (tertiary/aromatic N) is 2. The van der Waals surface area contributed by atoms with E-state index in [1.165, 1.54) is 12.1 Å². The molecule has 1 N–H and O–H groups in total. The van der Waals surface area contributed by atoms with E-state index in [-0.39, 0.29) is 35.3 Å². The molecule has 2 amide bonds. The van der Waals surface area contributed by atoms with E-state index in [4.69, 9.17) is 0 Å². The molecule has 6 heteroatoms. The first-order chi connectivity index (χ1) is 14.0. The third-order valence-corrected chi connectivity index (χ3v) is 6.49. The van der Waals surface area contributed by atoms with Gasteiger partial charge in [-0.2, -0.15) is 0 Å². The van der Waals surface area contributed by atoms with Gasteiger partial charge in [0.05, 0.1) is 5.56 Å². The number of likely N-dealkylation sites (tertiary alicyclic amines) is 2. The van der Waals surface area contributed by atoms with E-state index in [0.29, 0.717) is 44.6 Å². The average Bonchev–Trinajstić information content (AvgIpc) is 3.12. The van der Waals surface area contributed by atoms with Gasteiger partial charge in [-0.25, -0.2) is 4.39 Å². The highest BCUT2D eigenvalue weighted by atomic mass is 19.1. The molecular formula is C23H25FN2O3.